The molecule has 2 aromatic rings. The van der Waals surface area contributed by atoms with Crippen molar-refractivity contribution in [1.29, 1.82) is 0 Å². The summed E-state index contributed by atoms with van der Waals surface area (Å²) in [4.78, 5) is 31.7. The SMILES string of the molecule is O=C(O)[C@H](Cc1cnc[nH]1)N=Cc1cc([N+](=O)[O-])ccc1O. The number of H-pyrrole nitrogens is 1. The zero-order valence-electron chi connectivity index (χ0n) is 11.2. The van der Waals surface area contributed by atoms with Gasteiger partial charge in [-0.2, -0.15) is 0 Å². The number of imidazole rings is 1. The highest BCUT2D eigenvalue weighted by Gasteiger charge is 2.17. The molecule has 1 atom stereocenters. The highest BCUT2D eigenvalue weighted by molar-refractivity contribution is 5.87. The molecule has 0 radical (unpaired) electrons. The number of phenolic OH excluding ortho intramolecular Hbond substituents is 1. The summed E-state index contributed by atoms with van der Waals surface area (Å²) in [7, 11) is 0. The van der Waals surface area contributed by atoms with Gasteiger partial charge in [-0.05, 0) is 6.07 Å². The minimum absolute atomic E-state index is 0.0741. The van der Waals surface area contributed by atoms with Crippen LogP contribution in [-0.2, 0) is 11.2 Å². The summed E-state index contributed by atoms with van der Waals surface area (Å²) in [6.45, 7) is 0. The lowest BCUT2D eigenvalue weighted by atomic mass is 10.1. The molecule has 9 nitrogen and oxygen atoms in total. The van der Waals surface area contributed by atoms with Crippen LogP contribution >= 0.6 is 0 Å². The van der Waals surface area contributed by atoms with Crippen LogP contribution in [0.2, 0.25) is 0 Å². The quantitative estimate of drug-likeness (QED) is 0.415. The topological polar surface area (TPSA) is 142 Å². The predicted molar refractivity (Wildman–Crippen MR) is 76.1 cm³/mol. The van der Waals surface area contributed by atoms with Crippen LogP contribution in [0, 0.1) is 10.1 Å². The summed E-state index contributed by atoms with van der Waals surface area (Å²) in [6, 6.07) is 2.32. The van der Waals surface area contributed by atoms with E-state index in [0.29, 0.717) is 5.69 Å². The number of aromatic hydroxyl groups is 1. The third-order valence-electron chi connectivity index (χ3n) is 2.87. The van der Waals surface area contributed by atoms with Crippen LogP contribution in [0.5, 0.6) is 5.75 Å². The molecule has 0 spiro atoms. The van der Waals surface area contributed by atoms with E-state index in [-0.39, 0.29) is 23.4 Å². The number of nitrogens with one attached hydrogen (secondary N) is 1. The second kappa shape index (κ2) is 6.48. The van der Waals surface area contributed by atoms with E-state index in [9.17, 15) is 20.0 Å². The van der Waals surface area contributed by atoms with E-state index < -0.39 is 16.9 Å². The van der Waals surface area contributed by atoms with Crippen molar-refractivity contribution < 1.29 is 19.9 Å². The van der Waals surface area contributed by atoms with Crippen molar-refractivity contribution in [2.75, 3.05) is 0 Å². The van der Waals surface area contributed by atoms with Gasteiger partial charge in [-0.3, -0.25) is 15.1 Å². The first-order valence-electron chi connectivity index (χ1n) is 6.18. The maximum absolute atomic E-state index is 11.2. The number of nitro groups is 1. The maximum atomic E-state index is 11.2. The number of aromatic nitrogens is 2. The summed E-state index contributed by atoms with van der Waals surface area (Å²) in [5.41, 5.74) is 0.442. The third kappa shape index (κ3) is 3.66. The zero-order valence-corrected chi connectivity index (χ0v) is 11.2. The Morgan fingerprint density at radius 1 is 1.55 bits per heavy atom. The molecule has 1 heterocycles. The lowest BCUT2D eigenvalue weighted by Gasteiger charge is -2.06. The highest BCUT2D eigenvalue weighted by atomic mass is 16.6. The van der Waals surface area contributed by atoms with Gasteiger partial charge in [-0.25, -0.2) is 9.78 Å². The number of benzene rings is 1. The molecule has 0 fully saturated rings. The Morgan fingerprint density at radius 3 is 2.91 bits per heavy atom. The number of hydrogen-bond acceptors (Lipinski definition) is 6. The van der Waals surface area contributed by atoms with E-state index in [2.05, 4.69) is 15.0 Å². The number of carboxylic acid groups (broad SMARTS) is 1. The van der Waals surface area contributed by atoms with Gasteiger partial charge < -0.3 is 15.2 Å². The van der Waals surface area contributed by atoms with Crippen molar-refractivity contribution in [3.8, 4) is 5.75 Å². The Morgan fingerprint density at radius 2 is 2.32 bits per heavy atom. The zero-order chi connectivity index (χ0) is 16.1. The van der Waals surface area contributed by atoms with Gasteiger partial charge in [0, 0.05) is 42.2 Å². The average molecular weight is 304 g/mol. The Balaban J connectivity index is 2.22. The number of rotatable bonds is 6. The number of aliphatic carboxylic acids is 1. The van der Waals surface area contributed by atoms with Crippen LogP contribution in [-0.4, -0.2) is 43.3 Å². The van der Waals surface area contributed by atoms with Gasteiger partial charge in [0.25, 0.3) is 5.69 Å². The first kappa shape index (κ1) is 15.2. The number of carboxylic acids is 1. The number of nitro benzene ring substituents is 1. The average Bonchev–Trinajstić information content (AvgIpc) is 2.97. The molecule has 0 amide bonds. The predicted octanol–water partition coefficient (Wildman–Crippen LogP) is 1.14. The van der Waals surface area contributed by atoms with Crippen molar-refractivity contribution in [2.45, 2.75) is 12.5 Å². The second-order valence-corrected chi connectivity index (χ2v) is 4.41. The summed E-state index contributed by atoms with van der Waals surface area (Å²) in [5.74, 6) is -1.38. The van der Waals surface area contributed by atoms with Crippen LogP contribution in [0.1, 0.15) is 11.3 Å². The minimum atomic E-state index is -1.16. The fourth-order valence-corrected chi connectivity index (χ4v) is 1.74. The van der Waals surface area contributed by atoms with Gasteiger partial charge in [0.1, 0.15) is 5.75 Å². The summed E-state index contributed by atoms with van der Waals surface area (Å²) in [6.07, 6.45) is 4.10. The van der Waals surface area contributed by atoms with Crippen LogP contribution < -0.4 is 0 Å². The molecular weight excluding hydrogens is 292 g/mol. The van der Waals surface area contributed by atoms with E-state index in [1.165, 1.54) is 12.5 Å². The van der Waals surface area contributed by atoms with Crippen molar-refractivity contribution in [3.63, 3.8) is 0 Å². The Kier molecular flexibility index (Phi) is 4.47. The molecule has 0 aliphatic heterocycles. The van der Waals surface area contributed by atoms with Crippen molar-refractivity contribution in [3.05, 3.63) is 52.1 Å². The molecule has 0 aliphatic rings. The van der Waals surface area contributed by atoms with E-state index in [1.54, 1.807) is 0 Å². The second-order valence-electron chi connectivity index (χ2n) is 4.41. The molecule has 0 saturated heterocycles. The number of phenols is 1. The number of aromatic amines is 1. The van der Waals surface area contributed by atoms with Gasteiger partial charge in [0.05, 0.1) is 11.3 Å². The van der Waals surface area contributed by atoms with Crippen molar-refractivity contribution >= 4 is 17.9 Å². The van der Waals surface area contributed by atoms with Crippen LogP contribution in [0.4, 0.5) is 5.69 Å². The number of hydrogen-bond donors (Lipinski definition) is 3. The summed E-state index contributed by atoms with van der Waals surface area (Å²) in [5, 5.41) is 29.5. The molecule has 9 heteroatoms. The molecule has 114 valence electrons. The number of carbonyl (C=O) groups is 1. The van der Waals surface area contributed by atoms with E-state index >= 15 is 0 Å². The first-order chi connectivity index (χ1) is 10.5. The van der Waals surface area contributed by atoms with Crippen molar-refractivity contribution in [1.82, 2.24) is 9.97 Å². The molecule has 1 aromatic carbocycles. The smallest absolute Gasteiger partial charge is 0.328 e. The monoisotopic (exact) mass is 304 g/mol. The Labute approximate surface area is 124 Å². The summed E-state index contributed by atoms with van der Waals surface area (Å²) >= 11 is 0. The van der Waals surface area contributed by atoms with Gasteiger partial charge >= 0.3 is 5.97 Å². The van der Waals surface area contributed by atoms with Gasteiger partial charge in [0.2, 0.25) is 0 Å². The van der Waals surface area contributed by atoms with Crippen LogP contribution in [0.3, 0.4) is 0 Å². The van der Waals surface area contributed by atoms with Crippen LogP contribution in [0.15, 0.2) is 35.7 Å². The van der Waals surface area contributed by atoms with Gasteiger partial charge in [-0.15, -0.1) is 0 Å². The lowest BCUT2D eigenvalue weighted by molar-refractivity contribution is -0.384. The van der Waals surface area contributed by atoms with Crippen molar-refractivity contribution in [2.24, 2.45) is 4.99 Å². The largest absolute Gasteiger partial charge is 0.507 e. The van der Waals surface area contributed by atoms with Gasteiger partial charge in [0.15, 0.2) is 6.04 Å². The molecule has 3 N–H and O–H groups in total. The molecule has 0 unspecified atom stereocenters. The Bertz CT molecular complexity index is 711. The van der Waals surface area contributed by atoms with Gasteiger partial charge in [-0.1, -0.05) is 0 Å². The minimum Gasteiger partial charge on any atom is -0.507 e. The molecule has 1 aromatic heterocycles. The van der Waals surface area contributed by atoms with E-state index in [4.69, 9.17) is 5.11 Å². The molecule has 0 bridgehead atoms. The fraction of sp³-hybridized carbons (Fsp3) is 0.154. The lowest BCUT2D eigenvalue weighted by Crippen LogP contribution is -2.21. The Hall–Kier alpha value is -3.23. The summed E-state index contributed by atoms with van der Waals surface area (Å²) < 4.78 is 0. The molecule has 0 saturated carbocycles. The number of nitrogens with zero attached hydrogens (tertiary/aromatic N) is 3. The normalized spacial score (nSPS) is 12.4. The fourth-order valence-electron chi connectivity index (χ4n) is 1.74. The molecular formula is C13H12N4O5. The molecule has 2 rings (SSSR count). The molecule has 22 heavy (non-hydrogen) atoms. The first-order valence-corrected chi connectivity index (χ1v) is 6.18. The number of non-ortho nitro benzene ring substituents is 1. The van der Waals surface area contributed by atoms with E-state index in [0.717, 1.165) is 24.4 Å². The highest BCUT2D eigenvalue weighted by Crippen LogP contribution is 2.21. The van der Waals surface area contributed by atoms with E-state index in [1.807, 2.05) is 0 Å². The molecule has 0 aliphatic carbocycles. The standard InChI is InChI=1S/C13H12N4O5/c18-12-2-1-10(17(21)22)3-8(12)5-15-11(13(19)20)4-9-6-14-7-16-9/h1-3,5-7,11,18H,4H2,(H,14,16)(H,19,20)/t11-/m0/s1. The maximum Gasteiger partial charge on any atom is 0.328 e. The third-order valence-corrected chi connectivity index (χ3v) is 2.87. The number of aliphatic imine (C=N–C) groups is 1. The van der Waals surface area contributed by atoms with Crippen LogP contribution in [0.25, 0.3) is 0 Å².